The van der Waals surface area contributed by atoms with Gasteiger partial charge in [0.15, 0.2) is 0 Å². The van der Waals surface area contributed by atoms with Crippen LogP contribution in [0.2, 0.25) is 5.02 Å². The lowest BCUT2D eigenvalue weighted by molar-refractivity contribution is -0.121. The van der Waals surface area contributed by atoms with Crippen molar-refractivity contribution in [2.24, 2.45) is 5.92 Å². The molecule has 112 valence electrons. The number of hydrogen-bond donors (Lipinski definition) is 3. The van der Waals surface area contributed by atoms with E-state index in [2.05, 4.69) is 10.3 Å². The molecule has 5 nitrogen and oxygen atoms in total. The number of aromatic carboxylic acids is 1. The Hall–Kier alpha value is -2.01. The Kier molecular flexibility index (Phi) is 4.53. The lowest BCUT2D eigenvalue weighted by Gasteiger charge is -2.07. The average Bonchev–Trinajstić information content (AvgIpc) is 2.73. The number of carbonyl (C=O) groups excluding carboxylic acids is 1. The number of rotatable bonds is 5. The van der Waals surface area contributed by atoms with Gasteiger partial charge >= 0.3 is 5.97 Å². The standard InChI is InChI=1S/C15H17ClN2O3/c1-8(2)5-13(19)17-7-11-10-6-9(16)3-4-12(10)18-14(11)15(20)21/h3-4,6,8,18H,5,7H2,1-2H3,(H,17,19)(H,20,21). The Morgan fingerprint density at radius 1 is 1.38 bits per heavy atom. The summed E-state index contributed by atoms with van der Waals surface area (Å²) >= 11 is 5.96. The van der Waals surface area contributed by atoms with Gasteiger partial charge in [-0.25, -0.2) is 4.79 Å². The van der Waals surface area contributed by atoms with Crippen LogP contribution < -0.4 is 5.32 Å². The van der Waals surface area contributed by atoms with Crippen LogP contribution in [0.3, 0.4) is 0 Å². The first-order valence-electron chi connectivity index (χ1n) is 6.68. The number of benzene rings is 1. The van der Waals surface area contributed by atoms with Crippen molar-refractivity contribution in [1.82, 2.24) is 10.3 Å². The number of amides is 1. The van der Waals surface area contributed by atoms with Gasteiger partial charge in [-0.1, -0.05) is 25.4 Å². The zero-order chi connectivity index (χ0) is 15.6. The monoisotopic (exact) mass is 308 g/mol. The van der Waals surface area contributed by atoms with Crippen molar-refractivity contribution >= 4 is 34.4 Å². The Labute approximate surface area is 127 Å². The number of aromatic nitrogens is 1. The molecular formula is C15H17ClN2O3. The van der Waals surface area contributed by atoms with Gasteiger partial charge in [-0.2, -0.15) is 0 Å². The largest absolute Gasteiger partial charge is 0.477 e. The zero-order valence-electron chi connectivity index (χ0n) is 11.9. The minimum Gasteiger partial charge on any atom is -0.477 e. The molecule has 0 unspecified atom stereocenters. The highest BCUT2D eigenvalue weighted by Gasteiger charge is 2.18. The van der Waals surface area contributed by atoms with Gasteiger partial charge in [0.25, 0.3) is 0 Å². The maximum Gasteiger partial charge on any atom is 0.352 e. The van der Waals surface area contributed by atoms with Crippen molar-refractivity contribution in [2.45, 2.75) is 26.8 Å². The fraction of sp³-hybridized carbons (Fsp3) is 0.333. The summed E-state index contributed by atoms with van der Waals surface area (Å²) in [5.74, 6) is -0.908. The molecule has 0 bridgehead atoms. The van der Waals surface area contributed by atoms with Gasteiger partial charge in [0.05, 0.1) is 0 Å². The van der Waals surface area contributed by atoms with Crippen LogP contribution in [0.4, 0.5) is 0 Å². The SMILES string of the molecule is CC(C)CC(=O)NCc1c(C(=O)O)[nH]c2ccc(Cl)cc12. The first-order chi connectivity index (χ1) is 9.88. The molecule has 0 aliphatic carbocycles. The molecule has 21 heavy (non-hydrogen) atoms. The topological polar surface area (TPSA) is 82.2 Å². The van der Waals surface area contributed by atoms with Crippen molar-refractivity contribution in [3.05, 3.63) is 34.5 Å². The van der Waals surface area contributed by atoms with E-state index in [-0.39, 0.29) is 24.1 Å². The van der Waals surface area contributed by atoms with Crippen LogP contribution in [0.15, 0.2) is 18.2 Å². The molecular weight excluding hydrogens is 292 g/mol. The van der Waals surface area contributed by atoms with E-state index < -0.39 is 5.97 Å². The number of aromatic amines is 1. The van der Waals surface area contributed by atoms with Crippen LogP contribution in [0, 0.1) is 5.92 Å². The number of fused-ring (bicyclic) bond motifs is 1. The van der Waals surface area contributed by atoms with Gasteiger partial charge in [-0.15, -0.1) is 0 Å². The Balaban J connectivity index is 2.32. The number of halogens is 1. The van der Waals surface area contributed by atoms with Gasteiger partial charge < -0.3 is 15.4 Å². The predicted octanol–water partition coefficient (Wildman–Crippen LogP) is 3.18. The second-order valence-electron chi connectivity index (χ2n) is 5.35. The highest BCUT2D eigenvalue weighted by molar-refractivity contribution is 6.31. The number of carbonyl (C=O) groups is 2. The summed E-state index contributed by atoms with van der Waals surface area (Å²) in [5.41, 5.74) is 1.30. The Morgan fingerprint density at radius 3 is 2.71 bits per heavy atom. The summed E-state index contributed by atoms with van der Waals surface area (Å²) in [6, 6.07) is 5.11. The van der Waals surface area contributed by atoms with Gasteiger partial charge in [-0.05, 0) is 24.1 Å². The van der Waals surface area contributed by atoms with Crippen LogP contribution in [0.25, 0.3) is 10.9 Å². The number of carboxylic acid groups (broad SMARTS) is 1. The van der Waals surface area contributed by atoms with E-state index >= 15 is 0 Å². The van der Waals surface area contributed by atoms with Crippen LogP contribution in [-0.4, -0.2) is 22.0 Å². The van der Waals surface area contributed by atoms with E-state index in [0.717, 1.165) is 0 Å². The number of carboxylic acids is 1. The Morgan fingerprint density at radius 2 is 2.10 bits per heavy atom. The lowest BCUT2D eigenvalue weighted by Crippen LogP contribution is -2.24. The molecule has 0 aliphatic rings. The second-order valence-corrected chi connectivity index (χ2v) is 5.78. The average molecular weight is 309 g/mol. The first kappa shape index (κ1) is 15.4. The van der Waals surface area contributed by atoms with Crippen LogP contribution in [0.5, 0.6) is 0 Å². The number of H-pyrrole nitrogens is 1. The third kappa shape index (κ3) is 3.55. The number of nitrogens with one attached hydrogen (secondary N) is 2. The van der Waals surface area contributed by atoms with E-state index in [4.69, 9.17) is 11.6 Å². The second kappa shape index (κ2) is 6.18. The maximum absolute atomic E-state index is 11.7. The van der Waals surface area contributed by atoms with E-state index in [1.165, 1.54) is 0 Å². The third-order valence-electron chi connectivity index (χ3n) is 3.14. The normalized spacial score (nSPS) is 11.0. The first-order valence-corrected chi connectivity index (χ1v) is 7.06. The highest BCUT2D eigenvalue weighted by Crippen LogP contribution is 2.25. The summed E-state index contributed by atoms with van der Waals surface area (Å²) in [7, 11) is 0. The molecule has 1 aromatic carbocycles. The molecule has 0 aliphatic heterocycles. The molecule has 2 aromatic rings. The molecule has 0 saturated carbocycles. The molecule has 1 heterocycles. The van der Waals surface area contributed by atoms with E-state index in [9.17, 15) is 14.7 Å². The zero-order valence-corrected chi connectivity index (χ0v) is 12.6. The third-order valence-corrected chi connectivity index (χ3v) is 3.37. The molecule has 0 saturated heterocycles. The smallest absolute Gasteiger partial charge is 0.352 e. The van der Waals surface area contributed by atoms with E-state index in [0.29, 0.717) is 27.9 Å². The van der Waals surface area contributed by atoms with Gasteiger partial charge in [0.1, 0.15) is 5.69 Å². The van der Waals surface area contributed by atoms with E-state index in [1.807, 2.05) is 13.8 Å². The summed E-state index contributed by atoms with van der Waals surface area (Å²) in [6.07, 6.45) is 0.408. The van der Waals surface area contributed by atoms with Gasteiger partial charge in [0, 0.05) is 34.5 Å². The summed E-state index contributed by atoms with van der Waals surface area (Å²) < 4.78 is 0. The molecule has 0 spiro atoms. The molecule has 0 fully saturated rings. The van der Waals surface area contributed by atoms with Crippen LogP contribution >= 0.6 is 11.6 Å². The summed E-state index contributed by atoms with van der Waals surface area (Å²) in [5, 5.41) is 13.3. The number of hydrogen-bond acceptors (Lipinski definition) is 2. The fourth-order valence-electron chi connectivity index (χ4n) is 2.22. The van der Waals surface area contributed by atoms with Crippen molar-refractivity contribution in [1.29, 1.82) is 0 Å². The minimum atomic E-state index is -1.06. The highest BCUT2D eigenvalue weighted by atomic mass is 35.5. The van der Waals surface area contributed by atoms with Crippen molar-refractivity contribution in [3.63, 3.8) is 0 Å². The van der Waals surface area contributed by atoms with Gasteiger partial charge in [0.2, 0.25) is 5.91 Å². The summed E-state index contributed by atoms with van der Waals surface area (Å²) in [4.78, 5) is 25.9. The lowest BCUT2D eigenvalue weighted by atomic mass is 10.1. The molecule has 3 N–H and O–H groups in total. The maximum atomic E-state index is 11.7. The minimum absolute atomic E-state index is 0.0807. The molecule has 1 aromatic heterocycles. The quantitative estimate of drug-likeness (QED) is 0.793. The van der Waals surface area contributed by atoms with Crippen LogP contribution in [0.1, 0.15) is 36.3 Å². The predicted molar refractivity (Wildman–Crippen MR) is 81.6 cm³/mol. The molecule has 0 atom stereocenters. The summed E-state index contributed by atoms with van der Waals surface area (Å²) in [6.45, 7) is 4.06. The van der Waals surface area contributed by atoms with Crippen molar-refractivity contribution < 1.29 is 14.7 Å². The van der Waals surface area contributed by atoms with Crippen LogP contribution in [-0.2, 0) is 11.3 Å². The fourth-order valence-corrected chi connectivity index (χ4v) is 2.39. The molecule has 0 radical (unpaired) electrons. The van der Waals surface area contributed by atoms with Gasteiger partial charge in [-0.3, -0.25) is 4.79 Å². The van der Waals surface area contributed by atoms with Crippen molar-refractivity contribution in [2.75, 3.05) is 0 Å². The molecule has 2 rings (SSSR count). The molecule has 1 amide bonds. The van der Waals surface area contributed by atoms with Crippen molar-refractivity contribution in [3.8, 4) is 0 Å². The Bertz CT molecular complexity index is 692. The molecule has 6 heteroatoms. The van der Waals surface area contributed by atoms with E-state index in [1.54, 1.807) is 18.2 Å².